The fourth-order valence-corrected chi connectivity index (χ4v) is 3.49. The topological polar surface area (TPSA) is 102 Å². The van der Waals surface area contributed by atoms with Gasteiger partial charge in [0.1, 0.15) is 11.9 Å². The molecule has 148 valence electrons. The predicted molar refractivity (Wildman–Crippen MR) is 109 cm³/mol. The summed E-state index contributed by atoms with van der Waals surface area (Å²) in [4.78, 5) is 17.0. The lowest BCUT2D eigenvalue weighted by Gasteiger charge is -2.37. The summed E-state index contributed by atoms with van der Waals surface area (Å²) < 4.78 is 1.74. The molecule has 29 heavy (non-hydrogen) atoms. The maximum atomic E-state index is 12.7. The third-order valence-electron chi connectivity index (χ3n) is 5.28. The fourth-order valence-electron chi connectivity index (χ4n) is 3.49. The summed E-state index contributed by atoms with van der Waals surface area (Å²) in [6.45, 7) is 6.80. The van der Waals surface area contributed by atoms with Crippen molar-refractivity contribution in [1.82, 2.24) is 24.7 Å². The molecule has 0 unspecified atom stereocenters. The molecule has 3 aromatic rings. The SMILES string of the molecule is Cc1nnc2ccc(N3CCN([C@H](C)C(=O)Nc4ccccc4C#N)CC3)nn12. The van der Waals surface area contributed by atoms with E-state index in [1.54, 1.807) is 28.8 Å². The fraction of sp³-hybridized carbons (Fsp3) is 0.350. The Kier molecular flexibility index (Phi) is 5.10. The van der Waals surface area contributed by atoms with Crippen molar-refractivity contribution in [3.05, 3.63) is 47.8 Å². The molecule has 1 fully saturated rings. The number of fused-ring (bicyclic) bond motifs is 1. The summed E-state index contributed by atoms with van der Waals surface area (Å²) in [7, 11) is 0. The summed E-state index contributed by atoms with van der Waals surface area (Å²) >= 11 is 0. The summed E-state index contributed by atoms with van der Waals surface area (Å²) in [6, 6.07) is 12.7. The van der Waals surface area contributed by atoms with Gasteiger partial charge in [0.15, 0.2) is 11.5 Å². The molecule has 1 amide bonds. The highest BCUT2D eigenvalue weighted by atomic mass is 16.2. The number of carbonyl (C=O) groups excluding carboxylic acids is 1. The first kappa shape index (κ1) is 18.8. The number of nitrogens with one attached hydrogen (secondary N) is 1. The Hall–Kier alpha value is -3.51. The number of benzene rings is 1. The molecular weight excluding hydrogens is 368 g/mol. The van der Waals surface area contributed by atoms with E-state index in [-0.39, 0.29) is 11.9 Å². The second-order valence-corrected chi connectivity index (χ2v) is 7.05. The molecule has 9 heteroatoms. The Labute approximate surface area is 168 Å². The molecule has 0 radical (unpaired) electrons. The molecule has 0 spiro atoms. The van der Waals surface area contributed by atoms with E-state index in [1.165, 1.54) is 0 Å². The van der Waals surface area contributed by atoms with Gasteiger partial charge in [-0.2, -0.15) is 9.78 Å². The lowest BCUT2D eigenvalue weighted by Crippen LogP contribution is -2.53. The van der Waals surface area contributed by atoms with Crippen molar-refractivity contribution in [2.45, 2.75) is 19.9 Å². The van der Waals surface area contributed by atoms with Gasteiger partial charge in [-0.05, 0) is 38.1 Å². The van der Waals surface area contributed by atoms with Crippen molar-refractivity contribution >= 4 is 23.1 Å². The summed E-state index contributed by atoms with van der Waals surface area (Å²) in [5.74, 6) is 1.52. The second-order valence-electron chi connectivity index (χ2n) is 7.05. The molecular formula is C20H22N8O. The van der Waals surface area contributed by atoms with E-state index in [9.17, 15) is 10.1 Å². The molecule has 1 N–H and O–H groups in total. The Morgan fingerprint density at radius 1 is 1.14 bits per heavy atom. The number of hydrogen-bond donors (Lipinski definition) is 1. The van der Waals surface area contributed by atoms with Crippen LogP contribution in [0.2, 0.25) is 0 Å². The average Bonchev–Trinajstić information content (AvgIpc) is 3.14. The number of hydrogen-bond acceptors (Lipinski definition) is 7. The van der Waals surface area contributed by atoms with E-state index in [1.807, 2.05) is 26.0 Å². The van der Waals surface area contributed by atoms with Crippen LogP contribution in [0.15, 0.2) is 36.4 Å². The number of nitrogens with zero attached hydrogens (tertiary/aromatic N) is 7. The van der Waals surface area contributed by atoms with Gasteiger partial charge in [0.2, 0.25) is 5.91 Å². The molecule has 9 nitrogen and oxygen atoms in total. The van der Waals surface area contributed by atoms with Crippen molar-refractivity contribution in [2.24, 2.45) is 0 Å². The van der Waals surface area contributed by atoms with Crippen LogP contribution in [0.4, 0.5) is 11.5 Å². The zero-order valence-corrected chi connectivity index (χ0v) is 16.4. The van der Waals surface area contributed by atoms with Crippen LogP contribution in [-0.4, -0.2) is 62.8 Å². The first-order chi connectivity index (χ1) is 14.1. The van der Waals surface area contributed by atoms with Crippen molar-refractivity contribution in [3.63, 3.8) is 0 Å². The third-order valence-corrected chi connectivity index (χ3v) is 5.28. The quantitative estimate of drug-likeness (QED) is 0.719. The van der Waals surface area contributed by atoms with Crippen LogP contribution in [0.3, 0.4) is 0 Å². The zero-order valence-electron chi connectivity index (χ0n) is 16.4. The summed E-state index contributed by atoms with van der Waals surface area (Å²) in [6.07, 6.45) is 0. The first-order valence-corrected chi connectivity index (χ1v) is 9.55. The number of anilines is 2. The summed E-state index contributed by atoms with van der Waals surface area (Å²) in [5, 5.41) is 24.8. The summed E-state index contributed by atoms with van der Waals surface area (Å²) in [5.41, 5.74) is 1.74. The van der Waals surface area contributed by atoms with Gasteiger partial charge in [-0.15, -0.1) is 15.3 Å². The minimum Gasteiger partial charge on any atom is -0.353 e. The van der Waals surface area contributed by atoms with Crippen LogP contribution in [-0.2, 0) is 4.79 Å². The number of carbonyl (C=O) groups is 1. The van der Waals surface area contributed by atoms with Gasteiger partial charge in [-0.25, -0.2) is 0 Å². The highest BCUT2D eigenvalue weighted by Crippen LogP contribution is 2.18. The number of aromatic nitrogens is 4. The van der Waals surface area contributed by atoms with E-state index in [2.05, 4.69) is 36.5 Å². The number of nitriles is 1. The Bertz CT molecular complexity index is 1080. The van der Waals surface area contributed by atoms with Gasteiger partial charge in [0.05, 0.1) is 17.3 Å². The standard InChI is InChI=1S/C20H22N8O/c1-14(20(29)22-17-6-4-3-5-16(17)13-21)26-9-11-27(12-10-26)19-8-7-18-24-23-15(2)28(18)25-19/h3-8,14H,9-12H2,1-2H3,(H,22,29)/t14-/m1/s1. The first-order valence-electron chi connectivity index (χ1n) is 9.55. The van der Waals surface area contributed by atoms with E-state index in [0.29, 0.717) is 11.3 Å². The minimum absolute atomic E-state index is 0.110. The van der Waals surface area contributed by atoms with Gasteiger partial charge in [0.25, 0.3) is 0 Å². The third kappa shape index (κ3) is 3.75. The van der Waals surface area contributed by atoms with Crippen molar-refractivity contribution in [3.8, 4) is 6.07 Å². The minimum atomic E-state index is -0.292. The molecule has 3 heterocycles. The number of amides is 1. The van der Waals surface area contributed by atoms with Crippen LogP contribution in [0.5, 0.6) is 0 Å². The van der Waals surface area contributed by atoms with Gasteiger partial charge in [-0.1, -0.05) is 12.1 Å². The van der Waals surface area contributed by atoms with E-state index < -0.39 is 0 Å². The Balaban J connectivity index is 1.38. The van der Waals surface area contributed by atoms with Crippen LogP contribution < -0.4 is 10.2 Å². The van der Waals surface area contributed by atoms with Crippen LogP contribution >= 0.6 is 0 Å². The number of rotatable bonds is 4. The normalized spacial score (nSPS) is 15.8. The number of piperazine rings is 1. The molecule has 1 aliphatic rings. The van der Waals surface area contributed by atoms with Gasteiger partial charge < -0.3 is 10.2 Å². The number of para-hydroxylation sites is 1. The molecule has 0 aliphatic carbocycles. The van der Waals surface area contributed by atoms with Crippen molar-refractivity contribution in [2.75, 3.05) is 36.4 Å². The zero-order chi connectivity index (χ0) is 20.4. The molecule has 2 aromatic heterocycles. The maximum Gasteiger partial charge on any atom is 0.241 e. The monoisotopic (exact) mass is 390 g/mol. The van der Waals surface area contributed by atoms with Gasteiger partial charge in [0, 0.05) is 26.2 Å². The highest BCUT2D eigenvalue weighted by molar-refractivity contribution is 5.95. The van der Waals surface area contributed by atoms with Gasteiger partial charge in [-0.3, -0.25) is 9.69 Å². The van der Waals surface area contributed by atoms with E-state index >= 15 is 0 Å². The lowest BCUT2D eigenvalue weighted by atomic mass is 10.1. The van der Waals surface area contributed by atoms with Crippen LogP contribution in [0, 0.1) is 18.3 Å². The smallest absolute Gasteiger partial charge is 0.241 e. The molecule has 1 atom stereocenters. The molecule has 0 bridgehead atoms. The molecule has 1 aromatic carbocycles. The molecule has 1 saturated heterocycles. The number of aryl methyl sites for hydroxylation is 1. The van der Waals surface area contributed by atoms with Gasteiger partial charge >= 0.3 is 0 Å². The highest BCUT2D eigenvalue weighted by Gasteiger charge is 2.26. The molecule has 4 rings (SSSR count). The van der Waals surface area contributed by atoms with Crippen LogP contribution in [0.1, 0.15) is 18.3 Å². The second kappa shape index (κ2) is 7.85. The lowest BCUT2D eigenvalue weighted by molar-refractivity contribution is -0.120. The van der Waals surface area contributed by atoms with E-state index in [0.717, 1.165) is 43.5 Å². The van der Waals surface area contributed by atoms with Crippen molar-refractivity contribution < 1.29 is 4.79 Å². The Morgan fingerprint density at radius 2 is 1.90 bits per heavy atom. The predicted octanol–water partition coefficient (Wildman–Crippen LogP) is 1.45. The van der Waals surface area contributed by atoms with Crippen molar-refractivity contribution in [1.29, 1.82) is 5.26 Å². The Morgan fingerprint density at radius 3 is 2.66 bits per heavy atom. The maximum absolute atomic E-state index is 12.7. The van der Waals surface area contributed by atoms with Crippen LogP contribution in [0.25, 0.3) is 5.65 Å². The van der Waals surface area contributed by atoms with E-state index in [4.69, 9.17) is 0 Å². The molecule has 0 saturated carbocycles. The molecule has 1 aliphatic heterocycles. The average molecular weight is 390 g/mol. The largest absolute Gasteiger partial charge is 0.353 e.